The highest BCUT2D eigenvalue weighted by molar-refractivity contribution is 5.83. The van der Waals surface area contributed by atoms with E-state index < -0.39 is 0 Å². The number of nitrogens with two attached hydrogens (primary N) is 1. The molecule has 2 heterocycles. The van der Waals surface area contributed by atoms with E-state index in [0.29, 0.717) is 0 Å². The highest BCUT2D eigenvalue weighted by Gasteiger charge is 2.13. The molecule has 2 rings (SSSR count). The third kappa shape index (κ3) is 2.66. The van der Waals surface area contributed by atoms with Crippen molar-refractivity contribution in [1.82, 2.24) is 9.61 Å². The first kappa shape index (κ1) is 13.7. The number of fused-ring (bicyclic) bond motifs is 1. The van der Waals surface area contributed by atoms with Crippen LogP contribution in [0.1, 0.15) is 18.2 Å². The number of nitrogens with zero attached hydrogens (tertiary/aromatic N) is 2. The molecule has 4 N–H and O–H groups in total. The third-order valence-corrected chi connectivity index (χ3v) is 3.38. The van der Waals surface area contributed by atoms with E-state index in [1.807, 2.05) is 11.4 Å². The van der Waals surface area contributed by atoms with Crippen molar-refractivity contribution in [3.8, 4) is 0 Å². The van der Waals surface area contributed by atoms with Gasteiger partial charge in [-0.3, -0.25) is 0 Å². The molecule has 2 aromatic rings. The molecule has 0 saturated heterocycles. The van der Waals surface area contributed by atoms with Crippen LogP contribution in [0.3, 0.4) is 0 Å². The number of aryl methyl sites for hydroxylation is 2. The average Bonchev–Trinajstić information content (AvgIpc) is 2.69. The number of quaternary nitrogens is 1. The van der Waals surface area contributed by atoms with Gasteiger partial charge in [-0.15, -0.1) is 5.10 Å². The summed E-state index contributed by atoms with van der Waals surface area (Å²) in [7, 11) is 4.27. The minimum atomic E-state index is 0.759. The Morgan fingerprint density at radius 3 is 2.74 bits per heavy atom. The molecule has 0 aromatic carbocycles. The summed E-state index contributed by atoms with van der Waals surface area (Å²) in [6.07, 6.45) is 0.959. The summed E-state index contributed by atoms with van der Waals surface area (Å²) < 4.78 is 1.94. The van der Waals surface area contributed by atoms with Gasteiger partial charge in [-0.05, 0) is 25.0 Å². The average molecular weight is 262 g/mol. The van der Waals surface area contributed by atoms with E-state index >= 15 is 0 Å². The topological polar surface area (TPSA) is 59.8 Å². The second-order valence-corrected chi connectivity index (χ2v) is 5.26. The monoisotopic (exact) mass is 262 g/mol. The first-order valence-electron chi connectivity index (χ1n) is 6.84. The maximum atomic E-state index is 6.25. The number of nitrogens with one attached hydrogen (secondary N) is 2. The van der Waals surface area contributed by atoms with Crippen LogP contribution in [-0.4, -0.2) is 36.8 Å². The lowest BCUT2D eigenvalue weighted by Gasteiger charge is -2.07. The van der Waals surface area contributed by atoms with Crippen molar-refractivity contribution >= 4 is 17.0 Å². The fourth-order valence-electron chi connectivity index (χ4n) is 2.21. The van der Waals surface area contributed by atoms with E-state index in [4.69, 9.17) is 5.73 Å². The molecular weight excluding hydrogens is 238 g/mol. The molecule has 5 nitrogen and oxygen atoms in total. The van der Waals surface area contributed by atoms with Gasteiger partial charge >= 0.3 is 0 Å². The molecule has 0 unspecified atom stereocenters. The third-order valence-electron chi connectivity index (χ3n) is 3.38. The second kappa shape index (κ2) is 5.48. The predicted molar refractivity (Wildman–Crippen MR) is 79.9 cm³/mol. The summed E-state index contributed by atoms with van der Waals surface area (Å²) in [5.74, 6) is 0.797. The molecule has 0 saturated carbocycles. The molecule has 0 atom stereocenters. The van der Waals surface area contributed by atoms with Gasteiger partial charge in [0.05, 0.1) is 32.7 Å². The Morgan fingerprint density at radius 1 is 1.37 bits per heavy atom. The zero-order chi connectivity index (χ0) is 14.0. The van der Waals surface area contributed by atoms with Crippen LogP contribution in [-0.2, 0) is 6.42 Å². The smallest absolute Gasteiger partial charge is 0.172 e. The van der Waals surface area contributed by atoms with Crippen LogP contribution < -0.4 is 16.0 Å². The lowest BCUT2D eigenvalue weighted by Crippen LogP contribution is -3.06. The normalized spacial score (nSPS) is 11.4. The molecule has 0 aliphatic heterocycles. The lowest BCUT2D eigenvalue weighted by molar-refractivity contribution is -0.856. The van der Waals surface area contributed by atoms with Crippen molar-refractivity contribution in [2.45, 2.75) is 20.3 Å². The van der Waals surface area contributed by atoms with Gasteiger partial charge < -0.3 is 16.0 Å². The molecule has 5 heteroatoms. The molecular formula is C14H24N5+. The molecule has 2 aromatic heterocycles. The number of hydrogen-bond acceptors (Lipinski definition) is 3. The number of aromatic nitrogens is 2. The Morgan fingerprint density at radius 2 is 2.11 bits per heavy atom. The van der Waals surface area contributed by atoms with E-state index in [-0.39, 0.29) is 0 Å². The fourth-order valence-corrected chi connectivity index (χ4v) is 2.21. The quantitative estimate of drug-likeness (QED) is 0.728. The van der Waals surface area contributed by atoms with Gasteiger partial charge in [0.25, 0.3) is 0 Å². The van der Waals surface area contributed by atoms with Crippen molar-refractivity contribution < 1.29 is 4.90 Å². The van der Waals surface area contributed by atoms with Crippen LogP contribution in [0.5, 0.6) is 0 Å². The fraction of sp³-hybridized carbons (Fsp3) is 0.500. The number of anilines is 2. The molecule has 0 radical (unpaired) electrons. The zero-order valence-corrected chi connectivity index (χ0v) is 12.2. The Bertz CT molecular complexity index is 571. The summed E-state index contributed by atoms with van der Waals surface area (Å²) in [6, 6.07) is 4.22. The van der Waals surface area contributed by atoms with Crippen molar-refractivity contribution in [2.24, 2.45) is 0 Å². The van der Waals surface area contributed by atoms with Crippen LogP contribution in [0.15, 0.2) is 12.1 Å². The molecule has 0 amide bonds. The minimum Gasteiger partial charge on any atom is -0.394 e. The second-order valence-electron chi connectivity index (χ2n) is 5.26. The van der Waals surface area contributed by atoms with Gasteiger partial charge in [0, 0.05) is 5.69 Å². The van der Waals surface area contributed by atoms with Crippen molar-refractivity contribution in [2.75, 3.05) is 38.2 Å². The van der Waals surface area contributed by atoms with Gasteiger partial charge in [-0.25, -0.2) is 4.52 Å². The number of nitrogen functional groups attached to an aromatic ring is 1. The number of pyridine rings is 1. The van der Waals surface area contributed by atoms with Crippen LogP contribution in [0.25, 0.3) is 5.52 Å². The van der Waals surface area contributed by atoms with Crippen LogP contribution in [0, 0.1) is 6.92 Å². The van der Waals surface area contributed by atoms with E-state index in [2.05, 4.69) is 43.6 Å². The number of likely N-dealkylation sites (N-methyl/N-ethyl adjacent to an activating group) is 1. The summed E-state index contributed by atoms with van der Waals surface area (Å²) in [5.41, 5.74) is 10.4. The van der Waals surface area contributed by atoms with Gasteiger partial charge in [0.2, 0.25) is 0 Å². The summed E-state index contributed by atoms with van der Waals surface area (Å²) in [6.45, 7) is 6.09. The van der Waals surface area contributed by atoms with Crippen molar-refractivity contribution in [3.63, 3.8) is 0 Å². The van der Waals surface area contributed by atoms with Crippen LogP contribution >= 0.6 is 0 Å². The summed E-state index contributed by atoms with van der Waals surface area (Å²) in [5, 5.41) is 7.92. The maximum Gasteiger partial charge on any atom is 0.172 e. The zero-order valence-electron chi connectivity index (χ0n) is 12.2. The maximum absolute atomic E-state index is 6.25. The van der Waals surface area contributed by atoms with Gasteiger partial charge in [0.1, 0.15) is 5.69 Å². The van der Waals surface area contributed by atoms with E-state index in [1.165, 1.54) is 10.5 Å². The number of rotatable bonds is 5. The highest BCUT2D eigenvalue weighted by Crippen LogP contribution is 2.27. The first-order valence-corrected chi connectivity index (χ1v) is 6.84. The van der Waals surface area contributed by atoms with Crippen molar-refractivity contribution in [3.05, 3.63) is 23.4 Å². The molecule has 0 bridgehead atoms. The SMILES string of the molecule is CCc1ccc(C)n2nc(NCC[NH+](C)C)c(N)c12. The molecule has 0 aliphatic carbocycles. The molecule has 0 aliphatic rings. The number of hydrogen-bond donors (Lipinski definition) is 3. The molecule has 0 spiro atoms. The summed E-state index contributed by atoms with van der Waals surface area (Å²) in [4.78, 5) is 1.40. The first-order chi connectivity index (χ1) is 9.04. The Balaban J connectivity index is 2.36. The van der Waals surface area contributed by atoms with Crippen molar-refractivity contribution in [1.29, 1.82) is 0 Å². The van der Waals surface area contributed by atoms with Gasteiger partial charge in [-0.1, -0.05) is 13.0 Å². The van der Waals surface area contributed by atoms with E-state index in [0.717, 1.165) is 42.2 Å². The molecule has 0 fully saturated rings. The Labute approximate surface area is 114 Å². The highest BCUT2D eigenvalue weighted by atomic mass is 15.3. The van der Waals surface area contributed by atoms with Crippen LogP contribution in [0.2, 0.25) is 0 Å². The molecule has 19 heavy (non-hydrogen) atoms. The Kier molecular flexibility index (Phi) is 3.95. The standard InChI is InChI=1S/C14H23N5/c1-5-11-7-6-10(2)19-13(11)12(15)14(17-19)16-8-9-18(3)4/h6-7H,5,8-9,15H2,1-4H3,(H,16,17)/p+1. The summed E-state index contributed by atoms with van der Waals surface area (Å²) >= 11 is 0. The van der Waals surface area contributed by atoms with E-state index in [1.54, 1.807) is 0 Å². The van der Waals surface area contributed by atoms with Crippen LogP contribution in [0.4, 0.5) is 11.5 Å². The van der Waals surface area contributed by atoms with Gasteiger partial charge in [0.15, 0.2) is 5.82 Å². The Hall–Kier alpha value is -1.75. The lowest BCUT2D eigenvalue weighted by atomic mass is 10.1. The predicted octanol–water partition coefficient (Wildman–Crippen LogP) is 0.344. The molecule has 104 valence electrons. The minimum absolute atomic E-state index is 0.759. The van der Waals surface area contributed by atoms with Gasteiger partial charge in [-0.2, -0.15) is 0 Å². The largest absolute Gasteiger partial charge is 0.394 e. The van der Waals surface area contributed by atoms with E-state index in [9.17, 15) is 0 Å².